The van der Waals surface area contributed by atoms with Gasteiger partial charge in [0.1, 0.15) is 0 Å². The Morgan fingerprint density at radius 2 is 1.97 bits per heavy atom. The van der Waals surface area contributed by atoms with Crippen molar-refractivity contribution < 1.29 is 18.3 Å². The maximum Gasteiger partial charge on any atom is 0.248 e. The number of benzene rings is 1. The number of fused-ring (bicyclic) bond motifs is 1. The summed E-state index contributed by atoms with van der Waals surface area (Å²) >= 11 is 0. The first-order chi connectivity index (χ1) is 15.2. The van der Waals surface area contributed by atoms with Crippen molar-refractivity contribution in [3.05, 3.63) is 54.4 Å². The van der Waals surface area contributed by atoms with Crippen LogP contribution in [0.1, 0.15) is 10.4 Å². The molecule has 4 rings (SSSR count). The maximum absolute atomic E-state index is 12.7. The molecule has 9 nitrogen and oxygen atoms in total. The molecule has 0 spiro atoms. The maximum atomic E-state index is 12.7. The molecule has 1 aliphatic rings. The lowest BCUT2D eigenvalue weighted by molar-refractivity contribution is 0.100. The second-order valence-electron chi connectivity index (χ2n) is 7.86. The van der Waals surface area contributed by atoms with Gasteiger partial charge in [-0.3, -0.25) is 9.78 Å². The van der Waals surface area contributed by atoms with Gasteiger partial charge >= 0.3 is 0 Å². The molecule has 0 bridgehead atoms. The van der Waals surface area contributed by atoms with E-state index in [9.17, 15) is 18.3 Å². The molecule has 168 valence electrons. The summed E-state index contributed by atoms with van der Waals surface area (Å²) in [6.45, 7) is 3.64. The van der Waals surface area contributed by atoms with E-state index < -0.39 is 15.7 Å². The van der Waals surface area contributed by atoms with Crippen LogP contribution >= 0.6 is 0 Å². The highest BCUT2D eigenvalue weighted by Gasteiger charge is 2.18. The monoisotopic (exact) mass is 455 g/mol. The highest BCUT2D eigenvalue weighted by Crippen LogP contribution is 2.36. The minimum absolute atomic E-state index is 0.0985. The number of amides is 1. The molecule has 0 aliphatic carbocycles. The Hall–Kier alpha value is -3.37. The largest absolute Gasteiger partial charge is 0.494 e. The first-order valence-electron chi connectivity index (χ1n) is 10.2. The molecule has 3 heterocycles. The topological polar surface area (TPSA) is 133 Å². The lowest BCUT2D eigenvalue weighted by atomic mass is 10.1. The van der Waals surface area contributed by atoms with Crippen molar-refractivity contribution in [1.82, 2.24) is 19.8 Å². The van der Waals surface area contributed by atoms with Crippen LogP contribution < -0.4 is 5.73 Å². The number of rotatable bonds is 6. The predicted molar refractivity (Wildman–Crippen MR) is 122 cm³/mol. The molecule has 3 aromatic rings. The Balaban J connectivity index is 1.54. The second kappa shape index (κ2) is 8.64. The Bertz CT molecular complexity index is 1270. The summed E-state index contributed by atoms with van der Waals surface area (Å²) in [5, 5.41) is 10.9. The summed E-state index contributed by atoms with van der Waals surface area (Å²) in [6, 6.07) is 7.78. The van der Waals surface area contributed by atoms with Crippen molar-refractivity contribution in [2.24, 2.45) is 5.73 Å². The zero-order valence-corrected chi connectivity index (χ0v) is 18.5. The number of nitrogens with zero attached hydrogens (tertiary/aromatic N) is 3. The van der Waals surface area contributed by atoms with E-state index in [-0.39, 0.29) is 16.5 Å². The minimum atomic E-state index is -3.55. The van der Waals surface area contributed by atoms with Gasteiger partial charge in [-0.2, -0.15) is 0 Å². The molecule has 0 radical (unpaired) electrons. The summed E-state index contributed by atoms with van der Waals surface area (Å²) < 4.78 is 25.4. The molecular weight excluding hydrogens is 430 g/mol. The van der Waals surface area contributed by atoms with Crippen LogP contribution in [0.25, 0.3) is 22.2 Å². The number of hydrogen-bond donors (Lipinski definition) is 3. The molecule has 0 unspecified atom stereocenters. The van der Waals surface area contributed by atoms with E-state index in [2.05, 4.69) is 26.8 Å². The Morgan fingerprint density at radius 3 is 2.62 bits per heavy atom. The second-order valence-corrected chi connectivity index (χ2v) is 9.89. The van der Waals surface area contributed by atoms with Crippen LogP contribution in [0.4, 0.5) is 0 Å². The average Bonchev–Trinajstić information content (AvgIpc) is 3.10. The first-order valence-corrected chi connectivity index (χ1v) is 11.8. The molecule has 4 N–H and O–H groups in total. The number of carbonyl (C=O) groups excluding carboxylic acids is 1. The smallest absolute Gasteiger partial charge is 0.248 e. The number of aromatic nitrogens is 2. The fraction of sp³-hybridized carbons (Fsp3) is 0.273. The zero-order chi connectivity index (χ0) is 22.9. The number of H-pyrrole nitrogens is 1. The molecular formula is C22H25N5O4S. The van der Waals surface area contributed by atoms with Gasteiger partial charge in [-0.1, -0.05) is 6.08 Å². The van der Waals surface area contributed by atoms with E-state index in [1.165, 1.54) is 18.3 Å². The number of aromatic amines is 1. The number of nitrogens with one attached hydrogen (secondary N) is 1. The van der Waals surface area contributed by atoms with Crippen LogP contribution in [-0.4, -0.2) is 78.2 Å². The molecule has 1 fully saturated rings. The summed E-state index contributed by atoms with van der Waals surface area (Å²) in [4.78, 5) is 23.0. The van der Waals surface area contributed by atoms with Gasteiger partial charge in [0, 0.05) is 48.8 Å². The van der Waals surface area contributed by atoms with E-state index in [4.69, 9.17) is 5.73 Å². The predicted octanol–water partition coefficient (Wildman–Crippen LogP) is 1.57. The number of aromatic hydroxyl groups is 1. The van der Waals surface area contributed by atoms with Crippen LogP contribution in [0, 0.1) is 0 Å². The average molecular weight is 456 g/mol. The molecule has 10 heteroatoms. The van der Waals surface area contributed by atoms with Gasteiger partial charge in [-0.15, -0.1) is 0 Å². The lowest BCUT2D eigenvalue weighted by Crippen LogP contribution is -2.41. The van der Waals surface area contributed by atoms with Gasteiger partial charge in [-0.25, -0.2) is 8.42 Å². The number of sulfone groups is 1. The molecule has 32 heavy (non-hydrogen) atoms. The van der Waals surface area contributed by atoms with Crippen molar-refractivity contribution in [2.75, 3.05) is 39.0 Å². The van der Waals surface area contributed by atoms with Gasteiger partial charge in [0.25, 0.3) is 0 Å². The summed E-state index contributed by atoms with van der Waals surface area (Å²) in [5.41, 5.74) is 7.01. The van der Waals surface area contributed by atoms with Gasteiger partial charge < -0.3 is 25.6 Å². The number of pyridine rings is 1. The summed E-state index contributed by atoms with van der Waals surface area (Å²) in [7, 11) is -1.48. The molecule has 1 aliphatic heterocycles. The fourth-order valence-electron chi connectivity index (χ4n) is 3.69. The molecule has 0 saturated carbocycles. The van der Waals surface area contributed by atoms with E-state index in [0.717, 1.165) is 26.2 Å². The van der Waals surface area contributed by atoms with Crippen LogP contribution in [0.3, 0.4) is 0 Å². The van der Waals surface area contributed by atoms with Crippen LogP contribution in [-0.2, 0) is 9.84 Å². The Morgan fingerprint density at radius 1 is 1.22 bits per heavy atom. The molecule has 1 saturated heterocycles. The summed E-state index contributed by atoms with van der Waals surface area (Å²) in [5.74, 6) is -0.835. The van der Waals surface area contributed by atoms with Gasteiger partial charge in [-0.05, 0) is 43.6 Å². The number of nitrogens with two attached hydrogens (primary N) is 1. The number of piperazine rings is 1. The normalized spacial score (nSPS) is 15.6. The first kappa shape index (κ1) is 21.8. The van der Waals surface area contributed by atoms with E-state index >= 15 is 0 Å². The molecule has 1 amide bonds. The van der Waals surface area contributed by atoms with E-state index in [0.29, 0.717) is 27.7 Å². The van der Waals surface area contributed by atoms with Crippen molar-refractivity contribution in [3.8, 4) is 17.1 Å². The van der Waals surface area contributed by atoms with Crippen molar-refractivity contribution in [3.63, 3.8) is 0 Å². The fourth-order valence-corrected chi connectivity index (χ4v) is 4.71. The third-order valence-corrected chi connectivity index (χ3v) is 7.18. The van der Waals surface area contributed by atoms with Crippen molar-refractivity contribution in [2.45, 2.75) is 4.90 Å². The quantitative estimate of drug-likeness (QED) is 0.514. The van der Waals surface area contributed by atoms with Gasteiger partial charge in [0.15, 0.2) is 15.7 Å². The standard InChI is InChI=1S/C22H25N5O4S/c1-26-8-10-27(11-9-26)7-2-12-32(30,31)16-4-6-19(24-14-16)20-17-13-15(21(23)28)3-5-18(17)25-22(20)29/h2-7,13-14,25,29H,8-12H2,1H3,(H2,23,28). The van der Waals surface area contributed by atoms with Crippen molar-refractivity contribution in [1.29, 1.82) is 0 Å². The molecule has 2 aromatic heterocycles. The zero-order valence-electron chi connectivity index (χ0n) is 17.7. The Kier molecular flexibility index (Phi) is 5.90. The van der Waals surface area contributed by atoms with Crippen LogP contribution in [0.2, 0.25) is 0 Å². The number of carbonyl (C=O) groups is 1. The van der Waals surface area contributed by atoms with Gasteiger partial charge in [0.05, 0.1) is 21.9 Å². The van der Waals surface area contributed by atoms with Crippen LogP contribution in [0.15, 0.2) is 53.7 Å². The third kappa shape index (κ3) is 4.46. The number of likely N-dealkylation sites (N-methyl/N-ethyl adjacent to an activating group) is 1. The molecule has 0 atom stereocenters. The number of hydrogen-bond acceptors (Lipinski definition) is 7. The Labute approximate surface area is 186 Å². The third-order valence-electron chi connectivity index (χ3n) is 5.58. The van der Waals surface area contributed by atoms with Crippen LogP contribution in [0.5, 0.6) is 5.88 Å². The van der Waals surface area contributed by atoms with E-state index in [1.807, 2.05) is 6.20 Å². The van der Waals surface area contributed by atoms with Crippen molar-refractivity contribution >= 4 is 26.6 Å². The highest BCUT2D eigenvalue weighted by atomic mass is 32.2. The summed E-state index contributed by atoms with van der Waals surface area (Å²) in [6.07, 6.45) is 4.78. The number of primary amides is 1. The SMILES string of the molecule is CN1CCN(C=CCS(=O)(=O)c2ccc(-c3c(O)[nH]c4ccc(C(N)=O)cc34)nc2)CC1. The minimum Gasteiger partial charge on any atom is -0.494 e. The van der Waals surface area contributed by atoms with Gasteiger partial charge in [0.2, 0.25) is 5.91 Å². The molecule has 1 aromatic carbocycles. The van der Waals surface area contributed by atoms with E-state index in [1.54, 1.807) is 24.3 Å². The highest BCUT2D eigenvalue weighted by molar-refractivity contribution is 7.91. The lowest BCUT2D eigenvalue weighted by Gasteiger charge is -2.31.